The summed E-state index contributed by atoms with van der Waals surface area (Å²) in [5, 5.41) is 14.4. The first-order valence-corrected chi connectivity index (χ1v) is 7.33. The first-order valence-electron chi connectivity index (χ1n) is 6.45. The van der Waals surface area contributed by atoms with E-state index in [1.54, 1.807) is 11.1 Å². The maximum Gasteiger partial charge on any atom is 0.318 e. The van der Waals surface area contributed by atoms with Crippen LogP contribution in [0.4, 0.5) is 4.79 Å². The molecule has 110 valence electrons. The summed E-state index contributed by atoms with van der Waals surface area (Å²) >= 11 is 1.51. The molecule has 1 aromatic heterocycles. The molecule has 7 nitrogen and oxygen atoms in total. The van der Waals surface area contributed by atoms with Gasteiger partial charge in [0, 0.05) is 37.8 Å². The van der Waals surface area contributed by atoms with Crippen molar-refractivity contribution in [1.29, 1.82) is 0 Å². The standard InChI is InChI=1S/C12H18N4O3S/c1-9(11-13-2-7-20-11)14-12(19)16-5-3-15(4-6-16)8-10(17)18/h2,7,9H,3-6,8H2,1H3,(H,14,19)(H,17,18). The fraction of sp³-hybridized carbons (Fsp3) is 0.583. The number of carbonyl (C=O) groups excluding carboxylic acids is 1. The summed E-state index contributed by atoms with van der Waals surface area (Å²) in [4.78, 5) is 30.4. The zero-order valence-corrected chi connectivity index (χ0v) is 12.1. The summed E-state index contributed by atoms with van der Waals surface area (Å²) in [6.45, 7) is 4.20. The highest BCUT2D eigenvalue weighted by Gasteiger charge is 2.23. The van der Waals surface area contributed by atoms with Crippen LogP contribution in [0.1, 0.15) is 18.0 Å². The van der Waals surface area contributed by atoms with Crippen LogP contribution in [0.15, 0.2) is 11.6 Å². The zero-order chi connectivity index (χ0) is 14.5. The molecule has 20 heavy (non-hydrogen) atoms. The number of hydrogen-bond acceptors (Lipinski definition) is 5. The van der Waals surface area contributed by atoms with E-state index in [0.717, 1.165) is 5.01 Å². The first kappa shape index (κ1) is 14.7. The van der Waals surface area contributed by atoms with Crippen molar-refractivity contribution < 1.29 is 14.7 Å². The first-order chi connectivity index (χ1) is 9.56. The Balaban J connectivity index is 1.78. The zero-order valence-electron chi connectivity index (χ0n) is 11.3. The van der Waals surface area contributed by atoms with Crippen LogP contribution < -0.4 is 5.32 Å². The molecule has 1 aliphatic heterocycles. The van der Waals surface area contributed by atoms with Gasteiger partial charge in [-0.3, -0.25) is 9.69 Å². The number of aromatic nitrogens is 1. The number of thiazole rings is 1. The third kappa shape index (κ3) is 3.91. The molecule has 1 aromatic rings. The van der Waals surface area contributed by atoms with E-state index in [1.807, 2.05) is 17.2 Å². The molecule has 1 saturated heterocycles. The third-order valence-electron chi connectivity index (χ3n) is 3.18. The molecule has 1 fully saturated rings. The molecule has 2 amide bonds. The van der Waals surface area contributed by atoms with Gasteiger partial charge in [0.05, 0.1) is 12.6 Å². The van der Waals surface area contributed by atoms with Crippen LogP contribution in [0.2, 0.25) is 0 Å². The van der Waals surface area contributed by atoms with Gasteiger partial charge in [-0.05, 0) is 6.92 Å². The van der Waals surface area contributed by atoms with E-state index in [9.17, 15) is 9.59 Å². The lowest BCUT2D eigenvalue weighted by atomic mass is 10.3. The quantitative estimate of drug-likeness (QED) is 0.851. The van der Waals surface area contributed by atoms with E-state index in [-0.39, 0.29) is 18.6 Å². The molecule has 0 radical (unpaired) electrons. The largest absolute Gasteiger partial charge is 0.480 e. The predicted octanol–water partition coefficient (Wildman–Crippen LogP) is 0.616. The number of carboxylic acids is 1. The highest BCUT2D eigenvalue weighted by molar-refractivity contribution is 7.09. The molecule has 1 atom stereocenters. The topological polar surface area (TPSA) is 85.8 Å². The summed E-state index contributed by atoms with van der Waals surface area (Å²) in [5.74, 6) is -0.833. The summed E-state index contributed by atoms with van der Waals surface area (Å²) < 4.78 is 0. The van der Waals surface area contributed by atoms with Crippen molar-refractivity contribution in [3.63, 3.8) is 0 Å². The number of carboxylic acid groups (broad SMARTS) is 1. The Morgan fingerprint density at radius 1 is 1.45 bits per heavy atom. The van der Waals surface area contributed by atoms with Crippen molar-refractivity contribution in [2.45, 2.75) is 13.0 Å². The van der Waals surface area contributed by atoms with Gasteiger partial charge in [0.2, 0.25) is 0 Å². The highest BCUT2D eigenvalue weighted by Crippen LogP contribution is 2.15. The van der Waals surface area contributed by atoms with E-state index in [1.165, 1.54) is 11.3 Å². The Kier molecular flexibility index (Phi) is 4.91. The molecule has 0 spiro atoms. The minimum absolute atomic E-state index is 0.0327. The van der Waals surface area contributed by atoms with E-state index in [2.05, 4.69) is 10.3 Å². The normalized spacial score (nSPS) is 17.8. The Hall–Kier alpha value is -1.67. The summed E-state index contributed by atoms with van der Waals surface area (Å²) in [6, 6.07) is -0.234. The van der Waals surface area contributed by atoms with Crippen LogP contribution in [0.25, 0.3) is 0 Å². The minimum Gasteiger partial charge on any atom is -0.480 e. The van der Waals surface area contributed by atoms with E-state index >= 15 is 0 Å². The molecule has 0 saturated carbocycles. The predicted molar refractivity (Wildman–Crippen MR) is 74.7 cm³/mol. The smallest absolute Gasteiger partial charge is 0.318 e. The van der Waals surface area contributed by atoms with E-state index in [0.29, 0.717) is 26.2 Å². The fourth-order valence-electron chi connectivity index (χ4n) is 2.09. The Bertz CT molecular complexity index is 457. The number of rotatable bonds is 4. The van der Waals surface area contributed by atoms with Crippen LogP contribution in [0.5, 0.6) is 0 Å². The number of urea groups is 1. The molecule has 1 unspecified atom stereocenters. The molecule has 0 bridgehead atoms. The number of nitrogens with one attached hydrogen (secondary N) is 1. The van der Waals surface area contributed by atoms with Crippen LogP contribution in [-0.2, 0) is 4.79 Å². The number of amides is 2. The fourth-order valence-corrected chi connectivity index (χ4v) is 2.73. The lowest BCUT2D eigenvalue weighted by Crippen LogP contribution is -2.52. The molecule has 8 heteroatoms. The van der Waals surface area contributed by atoms with Gasteiger partial charge in [0.1, 0.15) is 5.01 Å². The molecule has 0 aromatic carbocycles. The van der Waals surface area contributed by atoms with Crippen LogP contribution in [-0.4, -0.2) is 64.6 Å². The van der Waals surface area contributed by atoms with Crippen molar-refractivity contribution in [1.82, 2.24) is 20.1 Å². The second-order valence-electron chi connectivity index (χ2n) is 4.70. The van der Waals surface area contributed by atoms with Crippen molar-refractivity contribution in [3.8, 4) is 0 Å². The highest BCUT2D eigenvalue weighted by atomic mass is 32.1. The molecular weight excluding hydrogens is 280 g/mol. The number of nitrogens with zero attached hydrogens (tertiary/aromatic N) is 3. The Morgan fingerprint density at radius 2 is 2.15 bits per heavy atom. The van der Waals surface area contributed by atoms with Crippen molar-refractivity contribution in [2.75, 3.05) is 32.7 Å². The molecule has 0 aliphatic carbocycles. The Labute approximate surface area is 121 Å². The van der Waals surface area contributed by atoms with Crippen LogP contribution >= 0.6 is 11.3 Å². The van der Waals surface area contributed by atoms with Crippen molar-refractivity contribution >= 4 is 23.3 Å². The van der Waals surface area contributed by atoms with E-state index in [4.69, 9.17) is 5.11 Å². The van der Waals surface area contributed by atoms with Gasteiger partial charge in [-0.25, -0.2) is 9.78 Å². The third-order valence-corrected chi connectivity index (χ3v) is 4.14. The van der Waals surface area contributed by atoms with Gasteiger partial charge in [-0.15, -0.1) is 11.3 Å². The van der Waals surface area contributed by atoms with Crippen LogP contribution in [0, 0.1) is 0 Å². The van der Waals surface area contributed by atoms with Crippen molar-refractivity contribution in [3.05, 3.63) is 16.6 Å². The summed E-state index contributed by atoms with van der Waals surface area (Å²) in [5.41, 5.74) is 0. The summed E-state index contributed by atoms with van der Waals surface area (Å²) in [6.07, 6.45) is 1.72. The van der Waals surface area contributed by atoms with Crippen molar-refractivity contribution in [2.24, 2.45) is 0 Å². The van der Waals surface area contributed by atoms with Gasteiger partial charge >= 0.3 is 12.0 Å². The number of aliphatic carboxylic acids is 1. The van der Waals surface area contributed by atoms with Gasteiger partial charge in [0.15, 0.2) is 0 Å². The molecule has 2 heterocycles. The SMILES string of the molecule is CC(NC(=O)N1CCN(CC(=O)O)CC1)c1nccs1. The lowest BCUT2D eigenvalue weighted by Gasteiger charge is -2.34. The maximum absolute atomic E-state index is 12.1. The monoisotopic (exact) mass is 298 g/mol. The number of hydrogen-bond donors (Lipinski definition) is 2. The van der Waals surface area contributed by atoms with Gasteiger partial charge in [-0.2, -0.15) is 0 Å². The van der Waals surface area contributed by atoms with Crippen LogP contribution in [0.3, 0.4) is 0 Å². The Morgan fingerprint density at radius 3 is 2.70 bits per heavy atom. The number of carbonyl (C=O) groups is 2. The van der Waals surface area contributed by atoms with E-state index < -0.39 is 5.97 Å². The van der Waals surface area contributed by atoms with Gasteiger partial charge in [0.25, 0.3) is 0 Å². The average molecular weight is 298 g/mol. The second kappa shape index (κ2) is 6.67. The minimum atomic E-state index is -0.833. The molecule has 1 aliphatic rings. The molecular formula is C12H18N4O3S. The number of piperazine rings is 1. The van der Waals surface area contributed by atoms with Gasteiger partial charge in [-0.1, -0.05) is 0 Å². The lowest BCUT2D eigenvalue weighted by molar-refractivity contribution is -0.138. The van der Waals surface area contributed by atoms with Gasteiger partial charge < -0.3 is 15.3 Å². The maximum atomic E-state index is 12.1. The molecule has 2 rings (SSSR count). The molecule has 2 N–H and O–H groups in total. The average Bonchev–Trinajstić information content (AvgIpc) is 2.92. The second-order valence-corrected chi connectivity index (χ2v) is 5.62. The summed E-state index contributed by atoms with van der Waals surface area (Å²) in [7, 11) is 0.